The molecule has 5 heteroatoms. The second-order valence-electron chi connectivity index (χ2n) is 4.38. The third kappa shape index (κ3) is 3.00. The number of thiophene rings is 1. The number of fused-ring (bicyclic) bond motifs is 1. The minimum atomic E-state index is 0.157. The minimum Gasteiger partial charge on any atom is -0.126 e. The van der Waals surface area contributed by atoms with Gasteiger partial charge in [0, 0.05) is 13.8 Å². The van der Waals surface area contributed by atoms with Gasteiger partial charge in [-0.15, -0.1) is 11.3 Å². The first-order chi connectivity index (χ1) is 9.54. The quantitative estimate of drug-likeness (QED) is 0.322. The van der Waals surface area contributed by atoms with Crippen LogP contribution in [-0.4, -0.2) is 0 Å². The highest BCUT2D eigenvalue weighted by atomic mass is 79.9. The third-order valence-electron chi connectivity index (χ3n) is 3.03. The molecule has 3 aromatic rings. The van der Waals surface area contributed by atoms with Gasteiger partial charge in [0.2, 0.25) is 0 Å². The average molecular weight is 495 g/mol. The van der Waals surface area contributed by atoms with E-state index in [-0.39, 0.29) is 4.83 Å². The first-order valence-electron chi connectivity index (χ1n) is 5.82. The van der Waals surface area contributed by atoms with Crippen LogP contribution in [0, 0.1) is 0 Å². The van der Waals surface area contributed by atoms with Crippen molar-refractivity contribution in [3.05, 3.63) is 66.2 Å². The zero-order valence-electron chi connectivity index (χ0n) is 10.0. The molecule has 0 amide bonds. The maximum atomic E-state index is 6.12. The zero-order chi connectivity index (χ0) is 14.3. The van der Waals surface area contributed by atoms with E-state index in [4.69, 9.17) is 11.6 Å². The molecule has 20 heavy (non-hydrogen) atoms. The van der Waals surface area contributed by atoms with Crippen LogP contribution in [0.25, 0.3) is 10.8 Å². The number of alkyl halides is 1. The summed E-state index contributed by atoms with van der Waals surface area (Å²) < 4.78 is 2.84. The standard InChI is InChI=1S/C15H8Br3ClS/c16-11-4-3-8-5-10(2-1-9(8)6-11)14(18)13-7-12(17)15(19)20-13/h1-7,14H. The van der Waals surface area contributed by atoms with Crippen molar-refractivity contribution >= 4 is 81.5 Å². The van der Waals surface area contributed by atoms with Crippen LogP contribution in [0.5, 0.6) is 0 Å². The largest absolute Gasteiger partial charge is 0.126 e. The van der Waals surface area contributed by atoms with Crippen LogP contribution in [-0.2, 0) is 0 Å². The fourth-order valence-corrected chi connectivity index (χ4v) is 4.86. The summed E-state index contributed by atoms with van der Waals surface area (Å²) in [7, 11) is 0. The molecule has 102 valence electrons. The average Bonchev–Trinajstić information content (AvgIpc) is 2.77. The van der Waals surface area contributed by atoms with Gasteiger partial charge >= 0.3 is 0 Å². The molecule has 1 heterocycles. The van der Waals surface area contributed by atoms with E-state index in [1.165, 1.54) is 21.2 Å². The molecule has 0 saturated carbocycles. The summed E-state index contributed by atoms with van der Waals surface area (Å²) in [6, 6.07) is 14.9. The van der Waals surface area contributed by atoms with Crippen LogP contribution < -0.4 is 0 Å². The van der Waals surface area contributed by atoms with Crippen molar-refractivity contribution in [2.45, 2.75) is 4.83 Å². The molecule has 0 radical (unpaired) electrons. The molecule has 0 aliphatic rings. The maximum Gasteiger partial charge on any atom is 0.107 e. The Balaban J connectivity index is 2.03. The topological polar surface area (TPSA) is 0 Å². The van der Waals surface area contributed by atoms with Crippen molar-refractivity contribution < 1.29 is 0 Å². The zero-order valence-corrected chi connectivity index (χ0v) is 16.4. The Morgan fingerprint density at radius 2 is 1.65 bits per heavy atom. The van der Waals surface area contributed by atoms with Gasteiger partial charge in [-0.05, 0) is 56.5 Å². The highest BCUT2D eigenvalue weighted by Crippen LogP contribution is 2.41. The van der Waals surface area contributed by atoms with Crippen molar-refractivity contribution in [3.63, 3.8) is 0 Å². The van der Waals surface area contributed by atoms with E-state index in [2.05, 4.69) is 90.3 Å². The Morgan fingerprint density at radius 1 is 0.950 bits per heavy atom. The summed E-state index contributed by atoms with van der Waals surface area (Å²) in [4.78, 5) is 1.35. The van der Waals surface area contributed by atoms with Gasteiger partial charge < -0.3 is 0 Å². The number of halogens is 4. The highest BCUT2D eigenvalue weighted by Gasteiger charge is 2.15. The normalized spacial score (nSPS) is 12.8. The van der Waals surface area contributed by atoms with Gasteiger partial charge in [-0.1, -0.05) is 61.7 Å². The van der Waals surface area contributed by atoms with Crippen LogP contribution in [0.15, 0.2) is 51.4 Å². The highest BCUT2D eigenvalue weighted by molar-refractivity contribution is 9.11. The lowest BCUT2D eigenvalue weighted by Gasteiger charge is -2.09. The van der Waals surface area contributed by atoms with E-state index in [9.17, 15) is 0 Å². The number of rotatable bonds is 2. The number of hydrogen-bond donors (Lipinski definition) is 0. The molecule has 1 aromatic heterocycles. The van der Waals surface area contributed by atoms with Crippen LogP contribution in [0.4, 0.5) is 0 Å². The Bertz CT molecular complexity index is 762. The predicted octanol–water partition coefficient (Wildman–Crippen LogP) is 7.56. The summed E-state index contributed by atoms with van der Waals surface area (Å²) in [5, 5.41) is 2.46. The van der Waals surface area contributed by atoms with Crippen LogP contribution in [0.1, 0.15) is 15.3 Å². The predicted molar refractivity (Wildman–Crippen MR) is 99.4 cm³/mol. The molecule has 0 fully saturated rings. The monoisotopic (exact) mass is 492 g/mol. The number of hydrogen-bond acceptors (Lipinski definition) is 1. The summed E-state index contributed by atoms with van der Waals surface area (Å²) in [6.07, 6.45) is 0. The first kappa shape index (κ1) is 15.0. The molecule has 2 aromatic carbocycles. The Hall–Kier alpha value is 0.130. The van der Waals surface area contributed by atoms with Crippen LogP contribution in [0.3, 0.4) is 0 Å². The summed E-state index contributed by atoms with van der Waals surface area (Å²) >= 11 is 18.4. The fraction of sp³-hybridized carbons (Fsp3) is 0.0667. The van der Waals surface area contributed by atoms with Gasteiger partial charge in [-0.2, -0.15) is 0 Å². The van der Waals surface area contributed by atoms with E-state index in [0.29, 0.717) is 0 Å². The Morgan fingerprint density at radius 3 is 2.35 bits per heavy atom. The fourth-order valence-electron chi connectivity index (χ4n) is 2.05. The number of benzene rings is 2. The van der Waals surface area contributed by atoms with Crippen molar-refractivity contribution in [3.8, 4) is 0 Å². The van der Waals surface area contributed by atoms with Gasteiger partial charge in [0.1, 0.15) is 4.34 Å². The lowest BCUT2D eigenvalue weighted by atomic mass is 10.0. The van der Waals surface area contributed by atoms with E-state index in [1.807, 2.05) is 0 Å². The van der Waals surface area contributed by atoms with Gasteiger partial charge in [0.05, 0.1) is 4.83 Å². The molecule has 0 saturated heterocycles. The molecular weight excluding hydrogens is 487 g/mol. The molecule has 0 aliphatic carbocycles. The van der Waals surface area contributed by atoms with E-state index in [0.717, 1.165) is 13.3 Å². The summed E-state index contributed by atoms with van der Waals surface area (Å²) in [5.41, 5.74) is 1.23. The molecule has 1 unspecified atom stereocenters. The first-order valence-corrected chi connectivity index (χ1v) is 9.52. The maximum absolute atomic E-state index is 6.12. The molecule has 3 rings (SSSR count). The van der Waals surface area contributed by atoms with Crippen LogP contribution >= 0.6 is 70.7 Å². The second kappa shape index (κ2) is 6.09. The molecule has 0 aliphatic heterocycles. The van der Waals surface area contributed by atoms with Crippen molar-refractivity contribution in [1.29, 1.82) is 0 Å². The third-order valence-corrected chi connectivity index (χ3v) is 7.39. The van der Waals surface area contributed by atoms with Crippen molar-refractivity contribution in [2.75, 3.05) is 0 Å². The van der Waals surface area contributed by atoms with E-state index >= 15 is 0 Å². The Kier molecular flexibility index (Phi) is 4.58. The van der Waals surface area contributed by atoms with Gasteiger partial charge in [0.15, 0.2) is 0 Å². The van der Waals surface area contributed by atoms with Crippen LogP contribution in [0.2, 0.25) is 4.34 Å². The molecule has 1 atom stereocenters. The molecular formula is C15H8Br3ClS. The second-order valence-corrected chi connectivity index (χ2v) is 8.76. The van der Waals surface area contributed by atoms with Gasteiger partial charge in [0.25, 0.3) is 0 Å². The smallest absolute Gasteiger partial charge is 0.107 e. The molecule has 0 N–H and O–H groups in total. The van der Waals surface area contributed by atoms with Gasteiger partial charge in [-0.25, -0.2) is 0 Å². The molecule has 0 bridgehead atoms. The summed E-state index contributed by atoms with van der Waals surface area (Å²) in [5.74, 6) is 0. The summed E-state index contributed by atoms with van der Waals surface area (Å²) in [6.45, 7) is 0. The van der Waals surface area contributed by atoms with Crippen molar-refractivity contribution in [1.82, 2.24) is 0 Å². The van der Waals surface area contributed by atoms with Gasteiger partial charge in [-0.3, -0.25) is 0 Å². The molecule has 0 spiro atoms. The Labute approximate surface area is 151 Å². The molecule has 0 nitrogen and oxygen atoms in total. The van der Waals surface area contributed by atoms with E-state index < -0.39 is 0 Å². The lowest BCUT2D eigenvalue weighted by molar-refractivity contribution is 1.23. The van der Waals surface area contributed by atoms with E-state index in [1.54, 1.807) is 11.3 Å². The SMILES string of the molecule is Clc1sc(C(Br)c2ccc3cc(Br)ccc3c2)cc1Br. The minimum absolute atomic E-state index is 0.157. The lowest BCUT2D eigenvalue weighted by Crippen LogP contribution is -1.89. The van der Waals surface area contributed by atoms with Crippen molar-refractivity contribution in [2.24, 2.45) is 0 Å².